The van der Waals surface area contributed by atoms with Crippen molar-refractivity contribution in [3.8, 4) is 0 Å². The molecule has 0 aromatic heterocycles. The van der Waals surface area contributed by atoms with Crippen LogP contribution in [0.2, 0.25) is 5.02 Å². The van der Waals surface area contributed by atoms with Gasteiger partial charge in [0, 0.05) is 5.02 Å². The third-order valence-electron chi connectivity index (χ3n) is 3.57. The maximum Gasteiger partial charge on any atom is 0.234 e. The topological polar surface area (TPSA) is 32.3 Å². The van der Waals surface area contributed by atoms with Crippen LogP contribution in [0.4, 0.5) is 0 Å². The molecule has 1 aromatic carbocycles. The number of carbonyl (C=O) groups excluding carboxylic acids is 1. The lowest BCUT2D eigenvalue weighted by molar-refractivity contribution is -0.123. The zero-order chi connectivity index (χ0) is 13.7. The molecule has 0 bridgehead atoms. The van der Waals surface area contributed by atoms with Gasteiger partial charge in [0.2, 0.25) is 5.91 Å². The number of halogens is 1. The molecule has 1 N–H and O–H groups in total. The molecule has 1 amide bonds. The van der Waals surface area contributed by atoms with Gasteiger partial charge in [-0.05, 0) is 44.5 Å². The number of benzene rings is 1. The number of likely N-dealkylation sites (tertiary alicyclic amines) is 1. The highest BCUT2D eigenvalue weighted by Gasteiger charge is 2.16. The van der Waals surface area contributed by atoms with Crippen molar-refractivity contribution in [1.82, 2.24) is 10.2 Å². The molecule has 2 rings (SSSR count). The Hall–Kier alpha value is -1.06. The van der Waals surface area contributed by atoms with Crippen LogP contribution in [0, 0.1) is 0 Å². The van der Waals surface area contributed by atoms with Crippen LogP contribution >= 0.6 is 11.6 Å². The number of amides is 1. The normalized spacial score (nSPS) is 18.0. The molecule has 0 spiro atoms. The minimum absolute atomic E-state index is 0.0500. The Balaban J connectivity index is 1.86. The Labute approximate surface area is 119 Å². The second kappa shape index (κ2) is 6.92. The monoisotopic (exact) mass is 280 g/mol. The van der Waals surface area contributed by atoms with Gasteiger partial charge >= 0.3 is 0 Å². The summed E-state index contributed by atoms with van der Waals surface area (Å²) in [7, 11) is 0. The molecule has 1 heterocycles. The van der Waals surface area contributed by atoms with Gasteiger partial charge in [0.15, 0.2) is 0 Å². The molecule has 0 aliphatic carbocycles. The van der Waals surface area contributed by atoms with Crippen LogP contribution in [0.15, 0.2) is 24.3 Å². The van der Waals surface area contributed by atoms with Gasteiger partial charge in [-0.25, -0.2) is 0 Å². The van der Waals surface area contributed by atoms with E-state index in [-0.39, 0.29) is 11.9 Å². The summed E-state index contributed by atoms with van der Waals surface area (Å²) in [6.07, 6.45) is 3.69. The lowest BCUT2D eigenvalue weighted by Gasteiger charge is -2.26. The molecule has 0 saturated carbocycles. The predicted molar refractivity (Wildman–Crippen MR) is 78.3 cm³/mol. The van der Waals surface area contributed by atoms with Gasteiger partial charge in [-0.2, -0.15) is 0 Å². The fourth-order valence-electron chi connectivity index (χ4n) is 2.51. The maximum atomic E-state index is 12.0. The van der Waals surface area contributed by atoms with Crippen molar-refractivity contribution in [2.24, 2.45) is 0 Å². The second-order valence-electron chi connectivity index (χ2n) is 5.15. The number of nitrogens with zero attached hydrogens (tertiary/aromatic N) is 1. The molecular formula is C15H21ClN2O. The van der Waals surface area contributed by atoms with E-state index in [1.165, 1.54) is 19.3 Å². The van der Waals surface area contributed by atoms with E-state index in [1.54, 1.807) is 0 Å². The number of hydrogen-bond donors (Lipinski definition) is 1. The molecule has 1 fully saturated rings. The van der Waals surface area contributed by atoms with Gasteiger partial charge in [-0.1, -0.05) is 36.2 Å². The number of carbonyl (C=O) groups is 1. The highest BCUT2D eigenvalue weighted by atomic mass is 35.5. The Bertz CT molecular complexity index is 430. The van der Waals surface area contributed by atoms with Crippen molar-refractivity contribution in [2.45, 2.75) is 32.2 Å². The van der Waals surface area contributed by atoms with Gasteiger partial charge in [0.25, 0.3) is 0 Å². The van der Waals surface area contributed by atoms with Gasteiger partial charge in [-0.15, -0.1) is 0 Å². The highest BCUT2D eigenvalue weighted by molar-refractivity contribution is 6.31. The molecule has 3 nitrogen and oxygen atoms in total. The number of rotatable bonds is 4. The van der Waals surface area contributed by atoms with E-state index in [1.807, 2.05) is 31.2 Å². The molecule has 4 heteroatoms. The molecule has 104 valence electrons. The van der Waals surface area contributed by atoms with Crippen molar-refractivity contribution in [3.05, 3.63) is 34.9 Å². The largest absolute Gasteiger partial charge is 0.348 e. The predicted octanol–water partition coefficient (Wildman–Crippen LogP) is 3.00. The van der Waals surface area contributed by atoms with Crippen LogP contribution in [-0.4, -0.2) is 30.4 Å². The highest BCUT2D eigenvalue weighted by Crippen LogP contribution is 2.22. The molecular weight excluding hydrogens is 260 g/mol. The molecule has 1 aliphatic rings. The van der Waals surface area contributed by atoms with Crippen molar-refractivity contribution in [3.63, 3.8) is 0 Å². The van der Waals surface area contributed by atoms with E-state index in [0.29, 0.717) is 11.6 Å². The van der Waals surface area contributed by atoms with E-state index in [4.69, 9.17) is 11.6 Å². The Morgan fingerprint density at radius 3 is 2.68 bits per heavy atom. The Morgan fingerprint density at radius 2 is 2.00 bits per heavy atom. The van der Waals surface area contributed by atoms with Crippen LogP contribution < -0.4 is 5.32 Å². The number of hydrogen-bond acceptors (Lipinski definition) is 2. The molecule has 0 radical (unpaired) electrons. The SMILES string of the molecule is C[C@H](NC(=O)CN1CCCCC1)c1ccccc1Cl. The summed E-state index contributed by atoms with van der Waals surface area (Å²) in [4.78, 5) is 14.2. The number of nitrogens with one attached hydrogen (secondary N) is 1. The zero-order valence-electron chi connectivity index (χ0n) is 11.4. The van der Waals surface area contributed by atoms with Gasteiger partial charge < -0.3 is 5.32 Å². The first kappa shape index (κ1) is 14.4. The Morgan fingerprint density at radius 1 is 1.32 bits per heavy atom. The maximum absolute atomic E-state index is 12.0. The summed E-state index contributed by atoms with van der Waals surface area (Å²) >= 11 is 6.13. The van der Waals surface area contributed by atoms with E-state index >= 15 is 0 Å². The first-order valence-corrected chi connectivity index (χ1v) is 7.31. The summed E-state index contributed by atoms with van der Waals surface area (Å²) in [5.41, 5.74) is 0.969. The molecule has 1 aromatic rings. The quantitative estimate of drug-likeness (QED) is 0.920. The van der Waals surface area contributed by atoms with E-state index in [0.717, 1.165) is 18.7 Å². The van der Waals surface area contributed by atoms with Crippen LogP contribution in [0.3, 0.4) is 0 Å². The number of piperidine rings is 1. The zero-order valence-corrected chi connectivity index (χ0v) is 12.1. The summed E-state index contributed by atoms with van der Waals surface area (Å²) in [5.74, 6) is 0.0781. The standard InChI is InChI=1S/C15H21ClN2O/c1-12(13-7-3-4-8-14(13)16)17-15(19)11-18-9-5-2-6-10-18/h3-4,7-8,12H,2,5-6,9-11H2,1H3,(H,17,19)/t12-/m0/s1. The van der Waals surface area contributed by atoms with Crippen molar-refractivity contribution >= 4 is 17.5 Å². The molecule has 1 aliphatic heterocycles. The third-order valence-corrected chi connectivity index (χ3v) is 3.91. The summed E-state index contributed by atoms with van der Waals surface area (Å²) < 4.78 is 0. The Kier molecular flexibility index (Phi) is 5.23. The van der Waals surface area contributed by atoms with Gasteiger partial charge in [0.05, 0.1) is 12.6 Å². The lowest BCUT2D eigenvalue weighted by atomic mass is 10.1. The summed E-state index contributed by atoms with van der Waals surface area (Å²) in [6, 6.07) is 7.59. The molecule has 0 unspecified atom stereocenters. The molecule has 1 atom stereocenters. The van der Waals surface area contributed by atoms with Crippen LogP contribution in [0.1, 0.15) is 37.8 Å². The lowest BCUT2D eigenvalue weighted by Crippen LogP contribution is -2.40. The molecule has 19 heavy (non-hydrogen) atoms. The van der Waals surface area contributed by atoms with E-state index < -0.39 is 0 Å². The smallest absolute Gasteiger partial charge is 0.234 e. The van der Waals surface area contributed by atoms with Gasteiger partial charge in [-0.3, -0.25) is 9.69 Å². The van der Waals surface area contributed by atoms with E-state index in [9.17, 15) is 4.79 Å². The first-order chi connectivity index (χ1) is 9.16. The minimum Gasteiger partial charge on any atom is -0.348 e. The van der Waals surface area contributed by atoms with Crippen LogP contribution in [-0.2, 0) is 4.79 Å². The van der Waals surface area contributed by atoms with E-state index in [2.05, 4.69) is 10.2 Å². The van der Waals surface area contributed by atoms with Crippen molar-refractivity contribution in [2.75, 3.05) is 19.6 Å². The second-order valence-corrected chi connectivity index (χ2v) is 5.55. The molecule has 1 saturated heterocycles. The van der Waals surface area contributed by atoms with Crippen LogP contribution in [0.5, 0.6) is 0 Å². The summed E-state index contributed by atoms with van der Waals surface area (Å²) in [6.45, 7) is 4.53. The van der Waals surface area contributed by atoms with Crippen molar-refractivity contribution < 1.29 is 4.79 Å². The minimum atomic E-state index is -0.0500. The average molecular weight is 281 g/mol. The first-order valence-electron chi connectivity index (χ1n) is 6.93. The van der Waals surface area contributed by atoms with Gasteiger partial charge in [0.1, 0.15) is 0 Å². The summed E-state index contributed by atoms with van der Waals surface area (Å²) in [5, 5.41) is 3.72. The average Bonchev–Trinajstić information content (AvgIpc) is 2.40. The fourth-order valence-corrected chi connectivity index (χ4v) is 2.81. The van der Waals surface area contributed by atoms with Crippen molar-refractivity contribution in [1.29, 1.82) is 0 Å². The van der Waals surface area contributed by atoms with Crippen LogP contribution in [0.25, 0.3) is 0 Å². The third kappa shape index (κ3) is 4.22. The fraction of sp³-hybridized carbons (Fsp3) is 0.533.